The van der Waals surface area contributed by atoms with E-state index in [0.29, 0.717) is 11.7 Å². The molecule has 0 saturated carbocycles. The molecule has 0 saturated heterocycles. The van der Waals surface area contributed by atoms with Crippen LogP contribution in [0, 0.1) is 5.41 Å². The molecule has 208 valence electrons. The van der Waals surface area contributed by atoms with Crippen LogP contribution in [-0.2, 0) is 0 Å². The number of rotatable bonds is 4. The van der Waals surface area contributed by atoms with E-state index in [9.17, 15) is 5.41 Å². The smallest absolute Gasteiger partial charge is 0.141 e. The van der Waals surface area contributed by atoms with Gasteiger partial charge in [0.2, 0.25) is 0 Å². The largest absolute Gasteiger partial charge is 0.309 e. The molecule has 1 N–H and O–H groups in total. The number of amidine groups is 1. The first-order valence-corrected chi connectivity index (χ1v) is 14.7. The lowest BCUT2D eigenvalue weighted by atomic mass is 10.0. The Kier molecular flexibility index (Phi) is 6.05. The van der Waals surface area contributed by atoms with Crippen LogP contribution in [-0.4, -0.2) is 15.4 Å². The van der Waals surface area contributed by atoms with Crippen molar-refractivity contribution in [2.45, 2.75) is 0 Å². The molecular formula is C40H28N4. The maximum Gasteiger partial charge on any atom is 0.141 e. The van der Waals surface area contributed by atoms with Crippen molar-refractivity contribution in [1.29, 1.82) is 5.41 Å². The predicted octanol–water partition coefficient (Wildman–Crippen LogP) is 8.10. The lowest BCUT2D eigenvalue weighted by molar-refractivity contribution is 1.07. The minimum atomic E-state index is 0.368. The molecule has 0 fully saturated rings. The summed E-state index contributed by atoms with van der Waals surface area (Å²) in [5.74, 6) is 1.07. The highest BCUT2D eigenvalue weighted by atomic mass is 15.2. The summed E-state index contributed by atoms with van der Waals surface area (Å²) in [6.07, 6.45) is 0. The quantitative estimate of drug-likeness (QED) is 0.235. The molecule has 0 radical (unpaired) electrons. The first-order valence-electron chi connectivity index (χ1n) is 14.7. The fourth-order valence-electron chi connectivity index (χ4n) is 6.32. The number of nitrogens with one attached hydrogen (secondary N) is 1. The van der Waals surface area contributed by atoms with Gasteiger partial charge in [-0.25, -0.2) is 4.98 Å². The predicted molar refractivity (Wildman–Crippen MR) is 182 cm³/mol. The monoisotopic (exact) mass is 564 g/mol. The van der Waals surface area contributed by atoms with Crippen molar-refractivity contribution in [3.05, 3.63) is 168 Å². The van der Waals surface area contributed by atoms with Crippen molar-refractivity contribution in [2.24, 2.45) is 0 Å². The van der Waals surface area contributed by atoms with E-state index in [1.165, 1.54) is 0 Å². The second kappa shape index (κ2) is 10.4. The van der Waals surface area contributed by atoms with E-state index in [1.807, 2.05) is 65.6 Å². The lowest BCUT2D eigenvalue weighted by Gasteiger charge is -2.20. The van der Waals surface area contributed by atoms with E-state index in [1.54, 1.807) is 0 Å². The SMILES string of the molecule is C=c1/c(=C2\C(=N)N(c3cc(-c4ccccc4)cc(-c4ccccc4)n3)c3ccccc32)n(-c2ccccc2)c2ccccc12. The van der Waals surface area contributed by atoms with Crippen molar-refractivity contribution in [3.8, 4) is 28.1 Å². The van der Waals surface area contributed by atoms with Crippen LogP contribution < -0.4 is 15.5 Å². The van der Waals surface area contributed by atoms with Gasteiger partial charge >= 0.3 is 0 Å². The molecule has 0 atom stereocenters. The Balaban J connectivity index is 1.43. The van der Waals surface area contributed by atoms with Gasteiger partial charge in [-0.05, 0) is 47.5 Å². The summed E-state index contributed by atoms with van der Waals surface area (Å²) in [7, 11) is 0. The number of fused-ring (bicyclic) bond motifs is 2. The molecule has 8 rings (SSSR count). The number of anilines is 2. The second-order valence-electron chi connectivity index (χ2n) is 10.9. The maximum absolute atomic E-state index is 9.81. The number of nitrogens with zero attached hydrogens (tertiary/aromatic N) is 3. The molecule has 0 unspecified atom stereocenters. The van der Waals surface area contributed by atoms with E-state index in [4.69, 9.17) is 4.98 Å². The summed E-state index contributed by atoms with van der Waals surface area (Å²) in [5.41, 5.74) is 8.86. The number of para-hydroxylation sites is 3. The molecule has 0 aliphatic carbocycles. The maximum atomic E-state index is 9.81. The van der Waals surface area contributed by atoms with E-state index in [0.717, 1.165) is 66.4 Å². The summed E-state index contributed by atoms with van der Waals surface area (Å²) in [6.45, 7) is 4.58. The average Bonchev–Trinajstić information content (AvgIpc) is 3.55. The molecule has 0 bridgehead atoms. The first kappa shape index (κ1) is 25.7. The van der Waals surface area contributed by atoms with Crippen LogP contribution in [0.15, 0.2) is 152 Å². The van der Waals surface area contributed by atoms with Crippen LogP contribution in [0.2, 0.25) is 0 Å². The van der Waals surface area contributed by atoms with Crippen LogP contribution in [0.1, 0.15) is 5.56 Å². The van der Waals surface area contributed by atoms with Crippen molar-refractivity contribution < 1.29 is 0 Å². The Morgan fingerprint density at radius 1 is 0.591 bits per heavy atom. The highest BCUT2D eigenvalue weighted by Gasteiger charge is 2.33. The summed E-state index contributed by atoms with van der Waals surface area (Å²) < 4.78 is 2.24. The molecule has 0 amide bonds. The molecule has 4 nitrogen and oxygen atoms in total. The number of hydrogen-bond acceptors (Lipinski definition) is 2. The van der Waals surface area contributed by atoms with Gasteiger partial charge in [-0.15, -0.1) is 0 Å². The zero-order valence-electron chi connectivity index (χ0n) is 24.0. The van der Waals surface area contributed by atoms with Crippen LogP contribution in [0.3, 0.4) is 0 Å². The van der Waals surface area contributed by atoms with Gasteiger partial charge in [-0.2, -0.15) is 0 Å². The van der Waals surface area contributed by atoms with E-state index >= 15 is 0 Å². The Hall–Kier alpha value is -6.00. The first-order chi connectivity index (χ1) is 21.7. The summed E-state index contributed by atoms with van der Waals surface area (Å²) in [4.78, 5) is 7.17. The van der Waals surface area contributed by atoms with Crippen molar-refractivity contribution in [2.75, 3.05) is 4.90 Å². The molecule has 7 aromatic rings. The van der Waals surface area contributed by atoms with Crippen LogP contribution in [0.4, 0.5) is 11.5 Å². The molecule has 3 heterocycles. The summed E-state index contributed by atoms with van der Waals surface area (Å²) in [6, 6.07) is 51.7. The molecule has 1 aliphatic heterocycles. The molecule has 2 aromatic heterocycles. The Bertz CT molecular complexity index is 2250. The van der Waals surface area contributed by atoms with Gasteiger partial charge in [-0.1, -0.05) is 122 Å². The lowest BCUT2D eigenvalue weighted by Crippen LogP contribution is -2.34. The van der Waals surface area contributed by atoms with Gasteiger partial charge < -0.3 is 4.57 Å². The molecule has 44 heavy (non-hydrogen) atoms. The molecule has 5 aromatic carbocycles. The topological polar surface area (TPSA) is 44.9 Å². The highest BCUT2D eigenvalue weighted by molar-refractivity contribution is 6.36. The third-order valence-electron chi connectivity index (χ3n) is 8.32. The normalized spacial score (nSPS) is 13.8. The number of hydrogen-bond donors (Lipinski definition) is 1. The fraction of sp³-hybridized carbons (Fsp3) is 0. The van der Waals surface area contributed by atoms with Crippen LogP contribution >= 0.6 is 0 Å². The van der Waals surface area contributed by atoms with Gasteiger partial charge in [0.15, 0.2) is 0 Å². The molecule has 4 heteroatoms. The van der Waals surface area contributed by atoms with Gasteiger partial charge in [-0.3, -0.25) is 10.3 Å². The van der Waals surface area contributed by atoms with Crippen LogP contribution in [0.25, 0.3) is 51.1 Å². The zero-order chi connectivity index (χ0) is 29.6. The molecule has 1 aliphatic rings. The van der Waals surface area contributed by atoms with E-state index < -0.39 is 0 Å². The fourth-order valence-corrected chi connectivity index (χ4v) is 6.32. The van der Waals surface area contributed by atoms with Crippen molar-refractivity contribution >= 4 is 40.4 Å². The number of benzene rings is 5. The molecular weight excluding hydrogens is 536 g/mol. The zero-order valence-corrected chi connectivity index (χ0v) is 24.0. The van der Waals surface area contributed by atoms with Gasteiger partial charge in [0.05, 0.1) is 27.8 Å². The van der Waals surface area contributed by atoms with E-state index in [2.05, 4.69) is 102 Å². The van der Waals surface area contributed by atoms with Crippen molar-refractivity contribution in [1.82, 2.24) is 9.55 Å². The minimum absolute atomic E-state index is 0.368. The Morgan fingerprint density at radius 3 is 1.95 bits per heavy atom. The third kappa shape index (κ3) is 4.08. The summed E-state index contributed by atoms with van der Waals surface area (Å²) >= 11 is 0. The minimum Gasteiger partial charge on any atom is -0.309 e. The molecule has 0 spiro atoms. The van der Waals surface area contributed by atoms with Crippen LogP contribution in [0.5, 0.6) is 0 Å². The van der Waals surface area contributed by atoms with Gasteiger partial charge in [0.25, 0.3) is 0 Å². The number of aromatic nitrogens is 2. The van der Waals surface area contributed by atoms with Crippen molar-refractivity contribution in [3.63, 3.8) is 0 Å². The number of pyridine rings is 1. The summed E-state index contributed by atoms with van der Waals surface area (Å²) in [5, 5.41) is 12.7. The van der Waals surface area contributed by atoms with Gasteiger partial charge in [0.1, 0.15) is 11.7 Å². The highest BCUT2D eigenvalue weighted by Crippen LogP contribution is 2.41. The Labute approximate surface area is 255 Å². The standard InChI is InChI=1S/C40H28N4/c1-27-32-21-11-13-23-35(32)43(31-19-9-4-10-20-31)39(27)38-33-22-12-14-24-36(33)44(40(38)41)37-26-30(28-15-5-2-6-16-28)25-34(42-37)29-17-7-3-8-18-29/h2-26,41H,1H2/b39-38+,41-40?. The Morgan fingerprint density at radius 2 is 1.20 bits per heavy atom. The van der Waals surface area contributed by atoms with Gasteiger partial charge in [0, 0.05) is 27.4 Å². The van der Waals surface area contributed by atoms with E-state index in [-0.39, 0.29) is 0 Å². The average molecular weight is 565 g/mol. The third-order valence-corrected chi connectivity index (χ3v) is 8.32. The second-order valence-corrected chi connectivity index (χ2v) is 10.9.